The van der Waals surface area contributed by atoms with E-state index < -0.39 is 17.7 Å². The van der Waals surface area contributed by atoms with Gasteiger partial charge in [0.05, 0.1) is 60.4 Å². The standard InChI is InChI=1S/C36H46F3N4O3/c1-24(2)46-32-22-30-28(21-31(32)42-16-5-6-17-42)33(35(44)45-3)29(34(41-30)25-10-9-11-26(20-25)36(37,38)39)23-43(18-7-4-8-19-43)27-12-14-40-15-13-27/h9-11,20-22,24,27,40H,4-8,12-19,23H2,1-3H3/q+1. The smallest absolute Gasteiger partial charge is 0.416 e. The minimum Gasteiger partial charge on any atom is -0.489 e. The van der Waals surface area contributed by atoms with Gasteiger partial charge in [-0.2, -0.15) is 13.2 Å². The predicted molar refractivity (Wildman–Crippen MR) is 174 cm³/mol. The molecule has 10 heteroatoms. The molecule has 6 rings (SSSR count). The van der Waals surface area contributed by atoms with Crippen molar-refractivity contribution in [1.29, 1.82) is 0 Å². The molecule has 3 aliphatic heterocycles. The Balaban J connectivity index is 1.64. The van der Waals surface area contributed by atoms with Crippen molar-refractivity contribution in [1.82, 2.24) is 10.3 Å². The van der Waals surface area contributed by atoms with Gasteiger partial charge in [-0.1, -0.05) is 12.1 Å². The number of fused-ring (bicyclic) bond motifs is 1. The van der Waals surface area contributed by atoms with Gasteiger partial charge in [0.25, 0.3) is 0 Å². The van der Waals surface area contributed by atoms with Gasteiger partial charge in [-0.05, 0) is 64.2 Å². The summed E-state index contributed by atoms with van der Waals surface area (Å²) >= 11 is 0. The molecule has 3 aliphatic rings. The van der Waals surface area contributed by atoms with E-state index in [0.29, 0.717) is 51.6 Å². The highest BCUT2D eigenvalue weighted by Crippen LogP contribution is 2.42. The van der Waals surface area contributed by atoms with Gasteiger partial charge in [0.2, 0.25) is 0 Å². The van der Waals surface area contributed by atoms with Crippen LogP contribution in [-0.4, -0.2) is 74.0 Å². The molecule has 1 aromatic heterocycles. The van der Waals surface area contributed by atoms with Crippen LogP contribution in [-0.2, 0) is 17.5 Å². The van der Waals surface area contributed by atoms with Crippen molar-refractivity contribution in [2.75, 3.05) is 51.3 Å². The maximum Gasteiger partial charge on any atom is 0.416 e. The Kier molecular flexibility index (Phi) is 9.48. The van der Waals surface area contributed by atoms with Crippen molar-refractivity contribution >= 4 is 22.6 Å². The molecular weight excluding hydrogens is 593 g/mol. The lowest BCUT2D eigenvalue weighted by molar-refractivity contribution is -0.968. The number of hydrogen-bond acceptors (Lipinski definition) is 6. The van der Waals surface area contributed by atoms with Crippen LogP contribution in [0, 0.1) is 0 Å². The van der Waals surface area contributed by atoms with E-state index in [-0.39, 0.29) is 6.10 Å². The number of hydrogen-bond donors (Lipinski definition) is 1. The van der Waals surface area contributed by atoms with Gasteiger partial charge in [-0.15, -0.1) is 0 Å². The molecule has 0 spiro atoms. The monoisotopic (exact) mass is 639 g/mol. The second-order valence-corrected chi connectivity index (χ2v) is 13.4. The van der Waals surface area contributed by atoms with E-state index in [1.165, 1.54) is 13.2 Å². The molecule has 0 atom stereocenters. The maximum absolute atomic E-state index is 14.0. The average Bonchev–Trinajstić information content (AvgIpc) is 3.59. The van der Waals surface area contributed by atoms with Crippen LogP contribution in [0.1, 0.15) is 80.3 Å². The Morgan fingerprint density at radius 3 is 2.41 bits per heavy atom. The van der Waals surface area contributed by atoms with Crippen molar-refractivity contribution in [2.24, 2.45) is 0 Å². The SMILES string of the molecule is COC(=O)c1c(C[N+]2(C3CCNCC3)CCCCC2)c(-c2cccc(C(F)(F)F)c2)nc2cc(OC(C)C)c(N3CCCC3)cc12. The van der Waals surface area contributed by atoms with E-state index in [1.54, 1.807) is 6.07 Å². The van der Waals surface area contributed by atoms with E-state index >= 15 is 0 Å². The number of pyridine rings is 1. The highest BCUT2D eigenvalue weighted by Gasteiger charge is 2.41. The maximum atomic E-state index is 14.0. The number of piperidine rings is 2. The van der Waals surface area contributed by atoms with Crippen molar-refractivity contribution in [3.8, 4) is 17.0 Å². The number of likely N-dealkylation sites (tertiary alicyclic amines) is 1. The van der Waals surface area contributed by atoms with E-state index in [2.05, 4.69) is 10.2 Å². The normalized spacial score (nSPS) is 19.2. The Morgan fingerprint density at radius 2 is 1.76 bits per heavy atom. The first kappa shape index (κ1) is 32.6. The Labute approximate surface area is 269 Å². The lowest BCUT2D eigenvalue weighted by atomic mass is 9.90. The number of rotatable bonds is 8. The quantitative estimate of drug-likeness (QED) is 0.206. The summed E-state index contributed by atoms with van der Waals surface area (Å²) in [6.45, 7) is 9.99. The molecule has 46 heavy (non-hydrogen) atoms. The lowest BCUT2D eigenvalue weighted by Gasteiger charge is -2.49. The van der Waals surface area contributed by atoms with Gasteiger partial charge >= 0.3 is 12.1 Å². The van der Waals surface area contributed by atoms with Gasteiger partial charge in [-0.25, -0.2) is 9.78 Å². The molecule has 0 saturated carbocycles. The molecule has 0 aliphatic carbocycles. The van der Waals surface area contributed by atoms with Crippen LogP contribution >= 0.6 is 0 Å². The minimum absolute atomic E-state index is 0.102. The number of benzene rings is 2. The second-order valence-electron chi connectivity index (χ2n) is 13.4. The fraction of sp³-hybridized carbons (Fsp3) is 0.556. The Hall–Kier alpha value is -3.37. The Bertz CT molecular complexity index is 1560. The van der Waals surface area contributed by atoms with Crippen LogP contribution in [0.5, 0.6) is 5.75 Å². The molecule has 7 nitrogen and oxygen atoms in total. The number of halogens is 3. The third-order valence-electron chi connectivity index (χ3n) is 10.1. The second kappa shape index (κ2) is 13.4. The number of nitrogens with one attached hydrogen (secondary N) is 1. The van der Waals surface area contributed by atoms with Gasteiger partial charge in [0, 0.05) is 61.6 Å². The minimum atomic E-state index is -4.52. The number of alkyl halides is 3. The van der Waals surface area contributed by atoms with Crippen LogP contribution in [0.3, 0.4) is 0 Å². The number of methoxy groups -OCH3 is 1. The largest absolute Gasteiger partial charge is 0.489 e. The molecule has 3 fully saturated rings. The zero-order chi connectivity index (χ0) is 32.5. The number of quaternary nitrogens is 1. The van der Waals surface area contributed by atoms with Crippen LogP contribution in [0.25, 0.3) is 22.2 Å². The fourth-order valence-electron chi connectivity index (χ4n) is 7.91. The summed E-state index contributed by atoms with van der Waals surface area (Å²) in [4.78, 5) is 21.4. The van der Waals surface area contributed by atoms with E-state index in [0.717, 1.165) is 107 Å². The van der Waals surface area contributed by atoms with Crippen molar-refractivity contribution in [3.63, 3.8) is 0 Å². The summed E-state index contributed by atoms with van der Waals surface area (Å²) in [5.74, 6) is 0.158. The van der Waals surface area contributed by atoms with Gasteiger partial charge in [0.1, 0.15) is 12.3 Å². The number of anilines is 1. The molecular formula is C36H46F3N4O3+. The molecule has 0 unspecified atom stereocenters. The first-order valence-electron chi connectivity index (χ1n) is 16.8. The third-order valence-corrected chi connectivity index (χ3v) is 10.1. The number of esters is 1. The summed E-state index contributed by atoms with van der Waals surface area (Å²) < 4.78 is 54.6. The summed E-state index contributed by atoms with van der Waals surface area (Å²) in [6, 6.07) is 9.58. The summed E-state index contributed by atoms with van der Waals surface area (Å²) in [7, 11) is 1.37. The molecule has 0 radical (unpaired) electrons. The van der Waals surface area contributed by atoms with Crippen molar-refractivity contribution < 1.29 is 31.9 Å². The van der Waals surface area contributed by atoms with E-state index in [1.807, 2.05) is 26.0 Å². The van der Waals surface area contributed by atoms with Crippen LogP contribution in [0.4, 0.5) is 18.9 Å². The van der Waals surface area contributed by atoms with Gasteiger partial charge in [0.15, 0.2) is 0 Å². The molecule has 3 saturated heterocycles. The summed E-state index contributed by atoms with van der Waals surface area (Å²) in [5, 5.41) is 4.14. The van der Waals surface area contributed by atoms with E-state index in [9.17, 15) is 18.0 Å². The summed E-state index contributed by atoms with van der Waals surface area (Å²) in [6.07, 6.45) is 2.85. The first-order chi connectivity index (χ1) is 22.1. The molecule has 248 valence electrons. The Morgan fingerprint density at radius 1 is 1.04 bits per heavy atom. The number of carbonyl (C=O) groups excluding carboxylic acids is 1. The van der Waals surface area contributed by atoms with Gasteiger partial charge in [-0.3, -0.25) is 0 Å². The van der Waals surface area contributed by atoms with Crippen LogP contribution in [0.15, 0.2) is 36.4 Å². The third kappa shape index (κ3) is 6.56. The zero-order valence-corrected chi connectivity index (χ0v) is 27.2. The van der Waals surface area contributed by atoms with Gasteiger partial charge < -0.3 is 24.2 Å². The van der Waals surface area contributed by atoms with Crippen molar-refractivity contribution in [2.45, 2.75) is 83.7 Å². The highest BCUT2D eigenvalue weighted by atomic mass is 19.4. The number of nitrogens with zero attached hydrogens (tertiary/aromatic N) is 3. The number of ether oxygens (including phenoxy) is 2. The molecule has 4 heterocycles. The lowest BCUT2D eigenvalue weighted by Crippen LogP contribution is -2.60. The van der Waals surface area contributed by atoms with Crippen LogP contribution < -0.4 is 15.0 Å². The zero-order valence-electron chi connectivity index (χ0n) is 27.2. The molecule has 3 aromatic rings. The topological polar surface area (TPSA) is 63.7 Å². The van der Waals surface area contributed by atoms with Crippen molar-refractivity contribution in [3.05, 3.63) is 53.1 Å². The average molecular weight is 640 g/mol. The molecule has 0 bridgehead atoms. The van der Waals surface area contributed by atoms with E-state index in [4.69, 9.17) is 14.5 Å². The van der Waals surface area contributed by atoms with Crippen LogP contribution in [0.2, 0.25) is 0 Å². The number of carbonyl (C=O) groups is 1. The fourth-order valence-corrected chi connectivity index (χ4v) is 7.91. The number of aromatic nitrogens is 1. The predicted octanol–water partition coefficient (Wildman–Crippen LogP) is 7.35. The summed E-state index contributed by atoms with van der Waals surface area (Å²) in [5.41, 5.74) is 2.47. The highest BCUT2D eigenvalue weighted by molar-refractivity contribution is 6.08. The molecule has 1 N–H and O–H groups in total. The first-order valence-corrected chi connectivity index (χ1v) is 16.8. The molecule has 2 aromatic carbocycles. The molecule has 0 amide bonds.